The van der Waals surface area contributed by atoms with E-state index in [2.05, 4.69) is 26.5 Å². The molecule has 0 bridgehead atoms. The Morgan fingerprint density at radius 2 is 2.10 bits per heavy atom. The summed E-state index contributed by atoms with van der Waals surface area (Å²) in [6.45, 7) is 1.94. The number of amides is 1. The van der Waals surface area contributed by atoms with E-state index in [1.807, 2.05) is 13.0 Å². The standard InChI is InChI=1S/C15H12BrFN2O/c1-10-5-6-12(8-14(10)16)15(20)19-18-9-11-3-2-4-13(17)7-11/h2-9H,1H3,(H,19,20)/b18-9+. The van der Waals surface area contributed by atoms with Gasteiger partial charge in [-0.1, -0.05) is 34.1 Å². The number of nitrogens with one attached hydrogen (secondary N) is 1. The van der Waals surface area contributed by atoms with Gasteiger partial charge in [-0.3, -0.25) is 4.79 Å². The minimum atomic E-state index is -0.345. The first-order valence-corrected chi connectivity index (χ1v) is 6.70. The number of nitrogens with zero attached hydrogens (tertiary/aromatic N) is 1. The average Bonchev–Trinajstić information content (AvgIpc) is 2.42. The molecule has 0 spiro atoms. The van der Waals surface area contributed by atoms with E-state index in [9.17, 15) is 9.18 Å². The second-order valence-corrected chi connectivity index (χ2v) is 5.07. The van der Waals surface area contributed by atoms with Gasteiger partial charge in [0.05, 0.1) is 6.21 Å². The number of halogens is 2. The molecule has 2 rings (SSSR count). The van der Waals surface area contributed by atoms with Crippen molar-refractivity contribution in [2.75, 3.05) is 0 Å². The van der Waals surface area contributed by atoms with Gasteiger partial charge in [0, 0.05) is 10.0 Å². The molecule has 0 radical (unpaired) electrons. The number of hydrogen-bond donors (Lipinski definition) is 1. The average molecular weight is 335 g/mol. The van der Waals surface area contributed by atoms with E-state index in [-0.39, 0.29) is 11.7 Å². The van der Waals surface area contributed by atoms with Crippen LogP contribution in [0.25, 0.3) is 0 Å². The summed E-state index contributed by atoms with van der Waals surface area (Å²) in [5.74, 6) is -0.666. The first kappa shape index (κ1) is 14.4. The van der Waals surface area contributed by atoms with Crippen molar-refractivity contribution in [3.63, 3.8) is 0 Å². The second-order valence-electron chi connectivity index (χ2n) is 4.22. The maximum atomic E-state index is 12.9. The van der Waals surface area contributed by atoms with Gasteiger partial charge in [-0.15, -0.1) is 0 Å². The maximum absolute atomic E-state index is 12.9. The van der Waals surface area contributed by atoms with Crippen molar-refractivity contribution in [1.82, 2.24) is 5.43 Å². The molecule has 5 heteroatoms. The molecule has 0 heterocycles. The lowest BCUT2D eigenvalue weighted by Gasteiger charge is -2.02. The van der Waals surface area contributed by atoms with Crippen LogP contribution in [0.1, 0.15) is 21.5 Å². The van der Waals surface area contributed by atoms with Gasteiger partial charge >= 0.3 is 0 Å². The number of aryl methyl sites for hydroxylation is 1. The second kappa shape index (κ2) is 6.43. The fourth-order valence-corrected chi connectivity index (χ4v) is 1.93. The molecule has 20 heavy (non-hydrogen) atoms. The van der Waals surface area contributed by atoms with Crippen molar-refractivity contribution in [3.8, 4) is 0 Å². The van der Waals surface area contributed by atoms with Crippen LogP contribution in [0.2, 0.25) is 0 Å². The monoisotopic (exact) mass is 334 g/mol. The molecule has 0 aliphatic heterocycles. The molecule has 1 amide bonds. The topological polar surface area (TPSA) is 41.5 Å². The lowest BCUT2D eigenvalue weighted by molar-refractivity contribution is 0.0955. The summed E-state index contributed by atoms with van der Waals surface area (Å²) in [4.78, 5) is 11.8. The zero-order chi connectivity index (χ0) is 14.5. The molecule has 0 aliphatic carbocycles. The van der Waals surface area contributed by atoms with E-state index in [4.69, 9.17) is 0 Å². The quantitative estimate of drug-likeness (QED) is 0.675. The molecule has 0 unspecified atom stereocenters. The van der Waals surface area contributed by atoms with Gasteiger partial charge in [-0.25, -0.2) is 9.82 Å². The first-order valence-electron chi connectivity index (χ1n) is 5.91. The summed E-state index contributed by atoms with van der Waals surface area (Å²) in [5.41, 5.74) is 4.52. The number of carbonyl (C=O) groups is 1. The predicted molar refractivity (Wildman–Crippen MR) is 80.3 cm³/mol. The van der Waals surface area contributed by atoms with Crippen LogP contribution >= 0.6 is 15.9 Å². The van der Waals surface area contributed by atoms with E-state index in [1.54, 1.807) is 24.3 Å². The van der Waals surface area contributed by atoms with Crippen LogP contribution in [0, 0.1) is 12.7 Å². The number of hydrazone groups is 1. The minimum absolute atomic E-state index is 0.321. The van der Waals surface area contributed by atoms with Crippen LogP contribution in [0.5, 0.6) is 0 Å². The van der Waals surface area contributed by atoms with Gasteiger partial charge in [0.15, 0.2) is 0 Å². The summed E-state index contributed by atoms with van der Waals surface area (Å²) in [6.07, 6.45) is 1.39. The molecule has 0 aliphatic rings. The van der Waals surface area contributed by atoms with E-state index >= 15 is 0 Å². The normalized spacial score (nSPS) is 10.8. The van der Waals surface area contributed by atoms with Gasteiger partial charge in [-0.05, 0) is 42.3 Å². The van der Waals surface area contributed by atoms with Crippen LogP contribution in [-0.4, -0.2) is 12.1 Å². The predicted octanol–water partition coefficient (Wildman–Crippen LogP) is 3.66. The van der Waals surface area contributed by atoms with Crippen LogP contribution < -0.4 is 5.43 Å². The molecule has 0 saturated heterocycles. The molecule has 0 aromatic heterocycles. The highest BCUT2D eigenvalue weighted by molar-refractivity contribution is 9.10. The summed E-state index contributed by atoms with van der Waals surface area (Å²) in [7, 11) is 0. The van der Waals surface area contributed by atoms with E-state index < -0.39 is 0 Å². The zero-order valence-corrected chi connectivity index (χ0v) is 12.3. The Hall–Kier alpha value is -2.01. The highest BCUT2D eigenvalue weighted by Crippen LogP contribution is 2.17. The number of benzene rings is 2. The van der Waals surface area contributed by atoms with Gasteiger partial charge in [0.25, 0.3) is 5.91 Å². The number of hydrogen-bond acceptors (Lipinski definition) is 2. The molecule has 0 saturated carbocycles. The van der Waals surface area contributed by atoms with Gasteiger partial charge < -0.3 is 0 Å². The zero-order valence-electron chi connectivity index (χ0n) is 10.7. The Labute approximate surface area is 124 Å². The molecule has 3 nitrogen and oxygen atoms in total. The molecular formula is C15H12BrFN2O. The Morgan fingerprint density at radius 3 is 2.80 bits per heavy atom. The largest absolute Gasteiger partial charge is 0.271 e. The fraction of sp³-hybridized carbons (Fsp3) is 0.0667. The third-order valence-electron chi connectivity index (χ3n) is 2.66. The van der Waals surface area contributed by atoms with Crippen molar-refractivity contribution < 1.29 is 9.18 Å². The summed E-state index contributed by atoms with van der Waals surface area (Å²) in [6, 6.07) is 11.2. The smallest absolute Gasteiger partial charge is 0.267 e. The third-order valence-corrected chi connectivity index (χ3v) is 3.52. The fourth-order valence-electron chi connectivity index (χ4n) is 1.55. The lowest BCUT2D eigenvalue weighted by Crippen LogP contribution is -2.17. The van der Waals surface area contributed by atoms with Crippen LogP contribution in [0.3, 0.4) is 0 Å². The van der Waals surface area contributed by atoms with Crippen molar-refractivity contribution in [2.45, 2.75) is 6.92 Å². The van der Waals surface area contributed by atoms with Crippen molar-refractivity contribution >= 4 is 28.1 Å². The van der Waals surface area contributed by atoms with E-state index in [0.717, 1.165) is 10.0 Å². The minimum Gasteiger partial charge on any atom is -0.267 e. The molecule has 1 N–H and O–H groups in total. The Morgan fingerprint density at radius 1 is 1.30 bits per heavy atom. The molecular weight excluding hydrogens is 323 g/mol. The highest BCUT2D eigenvalue weighted by Gasteiger charge is 2.05. The lowest BCUT2D eigenvalue weighted by atomic mass is 10.1. The Bertz CT molecular complexity index is 671. The van der Waals surface area contributed by atoms with E-state index in [1.165, 1.54) is 18.3 Å². The van der Waals surface area contributed by atoms with E-state index in [0.29, 0.717) is 11.1 Å². The summed E-state index contributed by atoms with van der Waals surface area (Å²) < 4.78 is 13.8. The number of rotatable bonds is 3. The molecule has 102 valence electrons. The van der Waals surface area contributed by atoms with Gasteiger partial charge in [0.2, 0.25) is 0 Å². The van der Waals surface area contributed by atoms with Gasteiger partial charge in [0.1, 0.15) is 5.82 Å². The Kier molecular flexibility index (Phi) is 4.63. The van der Waals surface area contributed by atoms with Crippen molar-refractivity contribution in [3.05, 3.63) is 69.4 Å². The molecule has 0 fully saturated rings. The molecule has 0 atom stereocenters. The first-order chi connectivity index (χ1) is 9.56. The van der Waals surface area contributed by atoms with Crippen LogP contribution in [0.15, 0.2) is 52.0 Å². The van der Waals surface area contributed by atoms with Gasteiger partial charge in [-0.2, -0.15) is 5.10 Å². The maximum Gasteiger partial charge on any atom is 0.271 e. The van der Waals surface area contributed by atoms with Crippen molar-refractivity contribution in [1.29, 1.82) is 0 Å². The molecule has 2 aromatic rings. The summed E-state index contributed by atoms with van der Waals surface area (Å²) in [5, 5.41) is 3.80. The SMILES string of the molecule is Cc1ccc(C(=O)N/N=C/c2cccc(F)c2)cc1Br. The van der Waals surface area contributed by atoms with Crippen LogP contribution in [-0.2, 0) is 0 Å². The van der Waals surface area contributed by atoms with Crippen LogP contribution in [0.4, 0.5) is 4.39 Å². The third kappa shape index (κ3) is 3.74. The highest BCUT2D eigenvalue weighted by atomic mass is 79.9. The number of carbonyl (C=O) groups excluding carboxylic acids is 1. The summed E-state index contributed by atoms with van der Waals surface area (Å²) >= 11 is 3.37. The van der Waals surface area contributed by atoms with Crippen molar-refractivity contribution in [2.24, 2.45) is 5.10 Å². The Balaban J connectivity index is 2.03. The molecule has 2 aromatic carbocycles.